The third-order valence-electron chi connectivity index (χ3n) is 8.10. The Morgan fingerprint density at radius 1 is 1.13 bits per heavy atom. The number of nitrogens with zero attached hydrogens (tertiary/aromatic N) is 4. The first-order valence-electron chi connectivity index (χ1n) is 11.5. The Morgan fingerprint density at radius 2 is 2.07 bits per heavy atom. The maximum atomic E-state index is 5.03. The maximum absolute atomic E-state index is 5.03. The quantitative estimate of drug-likeness (QED) is 0.802. The van der Waals surface area contributed by atoms with Crippen LogP contribution in [-0.4, -0.2) is 19.6 Å². The van der Waals surface area contributed by atoms with Gasteiger partial charge < -0.3 is 5.32 Å². The van der Waals surface area contributed by atoms with Gasteiger partial charge in [-0.25, -0.2) is 4.98 Å². The predicted molar refractivity (Wildman–Crippen MR) is 118 cm³/mol. The number of nitrogens with one attached hydrogen (secondary N) is 1. The average molecular weight is 398 g/mol. The summed E-state index contributed by atoms with van der Waals surface area (Å²) in [6, 6.07) is 0. The molecule has 30 heavy (non-hydrogen) atoms. The Hall–Kier alpha value is -2.69. The van der Waals surface area contributed by atoms with Gasteiger partial charge in [0.15, 0.2) is 0 Å². The molecule has 5 aliphatic rings. The van der Waals surface area contributed by atoms with E-state index < -0.39 is 0 Å². The van der Waals surface area contributed by atoms with E-state index in [2.05, 4.69) is 48.7 Å². The minimum Gasteiger partial charge on any atom is -0.327 e. The van der Waals surface area contributed by atoms with E-state index in [9.17, 15) is 0 Å². The smallest absolute Gasteiger partial charge is 0.254 e. The van der Waals surface area contributed by atoms with Crippen molar-refractivity contribution < 1.29 is 0 Å². The first kappa shape index (κ1) is 17.0. The molecular weight excluding hydrogens is 370 g/mol. The van der Waals surface area contributed by atoms with Crippen LogP contribution in [0.1, 0.15) is 56.0 Å². The molecule has 2 saturated carbocycles. The molecule has 4 atom stereocenters. The fourth-order valence-electron chi connectivity index (χ4n) is 6.14. The van der Waals surface area contributed by atoms with Crippen molar-refractivity contribution in [3.8, 4) is 0 Å². The molecule has 0 bridgehead atoms. The van der Waals surface area contributed by atoms with Crippen molar-refractivity contribution in [1.29, 1.82) is 0 Å². The molecule has 0 aliphatic heterocycles. The average Bonchev–Trinajstić information content (AvgIpc) is 3.64. The van der Waals surface area contributed by atoms with E-state index in [4.69, 9.17) is 15.1 Å². The van der Waals surface area contributed by atoms with Crippen LogP contribution in [0.4, 0.5) is 5.95 Å². The van der Waals surface area contributed by atoms with Gasteiger partial charge in [-0.2, -0.15) is 9.50 Å². The van der Waals surface area contributed by atoms with Crippen molar-refractivity contribution >= 4 is 17.3 Å². The van der Waals surface area contributed by atoms with Crippen LogP contribution in [0.25, 0.3) is 11.4 Å². The van der Waals surface area contributed by atoms with Crippen LogP contribution in [0, 0.1) is 23.2 Å². The topological polar surface area (TPSA) is 55.1 Å². The lowest BCUT2D eigenvalue weighted by atomic mass is 9.91. The maximum Gasteiger partial charge on any atom is 0.254 e. The highest BCUT2D eigenvalue weighted by atomic mass is 15.4. The van der Waals surface area contributed by atoms with Crippen molar-refractivity contribution in [2.24, 2.45) is 23.2 Å². The molecule has 0 spiro atoms. The molecule has 4 unspecified atom stereocenters. The second-order valence-electron chi connectivity index (χ2n) is 9.96. The predicted octanol–water partition coefficient (Wildman–Crippen LogP) is 4.87. The normalized spacial score (nSPS) is 33.2. The minimum atomic E-state index is 0.590. The number of anilines is 1. The number of fused-ring (bicyclic) bond motifs is 6. The van der Waals surface area contributed by atoms with Crippen LogP contribution in [0.3, 0.4) is 0 Å². The van der Waals surface area contributed by atoms with Gasteiger partial charge in [0.25, 0.3) is 5.78 Å². The van der Waals surface area contributed by atoms with Gasteiger partial charge in [-0.1, -0.05) is 43.4 Å². The minimum absolute atomic E-state index is 0.590. The van der Waals surface area contributed by atoms with Crippen molar-refractivity contribution in [2.75, 3.05) is 5.32 Å². The highest BCUT2D eigenvalue weighted by Gasteiger charge is 2.65. The van der Waals surface area contributed by atoms with E-state index in [0.29, 0.717) is 17.3 Å². The van der Waals surface area contributed by atoms with Crippen LogP contribution >= 0.6 is 0 Å². The Kier molecular flexibility index (Phi) is 3.37. The number of hydrogen-bond acceptors (Lipinski definition) is 4. The molecule has 0 amide bonds. The molecule has 0 radical (unpaired) electrons. The van der Waals surface area contributed by atoms with Gasteiger partial charge in [0, 0.05) is 11.6 Å². The lowest BCUT2D eigenvalue weighted by molar-refractivity contribution is 0.430. The highest BCUT2D eigenvalue weighted by Crippen LogP contribution is 2.72. The molecule has 1 N–H and O–H groups in total. The molecule has 5 heteroatoms. The van der Waals surface area contributed by atoms with Crippen molar-refractivity contribution in [3.05, 3.63) is 59.1 Å². The summed E-state index contributed by atoms with van der Waals surface area (Å²) in [6.45, 7) is 2.46. The number of allylic oxidation sites excluding steroid dienone is 8. The zero-order valence-electron chi connectivity index (χ0n) is 17.4. The van der Waals surface area contributed by atoms with Gasteiger partial charge in [0.2, 0.25) is 5.95 Å². The van der Waals surface area contributed by atoms with E-state index in [1.165, 1.54) is 48.2 Å². The summed E-state index contributed by atoms with van der Waals surface area (Å²) in [5.41, 5.74) is 7.02. The fraction of sp³-hybridized carbons (Fsp3) is 0.480. The van der Waals surface area contributed by atoms with E-state index in [-0.39, 0.29) is 0 Å². The Bertz CT molecular complexity index is 1200. The summed E-state index contributed by atoms with van der Waals surface area (Å²) >= 11 is 0. The zero-order chi connectivity index (χ0) is 19.9. The molecule has 5 nitrogen and oxygen atoms in total. The third kappa shape index (κ3) is 2.44. The molecule has 0 aromatic carbocycles. The Balaban J connectivity index is 1.29. The van der Waals surface area contributed by atoms with Crippen LogP contribution in [0.15, 0.2) is 42.2 Å². The van der Waals surface area contributed by atoms with Gasteiger partial charge in [-0.15, -0.1) is 5.10 Å². The Morgan fingerprint density at radius 3 is 3.03 bits per heavy atom. The van der Waals surface area contributed by atoms with Gasteiger partial charge in [0.1, 0.15) is 0 Å². The fourth-order valence-corrected chi connectivity index (χ4v) is 6.14. The number of rotatable bonds is 3. The molecule has 152 valence electrons. The van der Waals surface area contributed by atoms with Crippen molar-refractivity contribution in [2.45, 2.75) is 51.9 Å². The summed E-state index contributed by atoms with van der Waals surface area (Å²) in [4.78, 5) is 9.85. The van der Waals surface area contributed by atoms with Gasteiger partial charge in [-0.3, -0.25) is 0 Å². The molecule has 5 aliphatic carbocycles. The van der Waals surface area contributed by atoms with Gasteiger partial charge in [0.05, 0.1) is 11.4 Å². The van der Waals surface area contributed by atoms with Crippen LogP contribution < -0.4 is 5.32 Å². The number of hydrogen-bond donors (Lipinski definition) is 1. The number of aryl methyl sites for hydroxylation is 1. The number of aromatic nitrogens is 4. The van der Waals surface area contributed by atoms with Crippen LogP contribution in [-0.2, 0) is 12.8 Å². The third-order valence-corrected chi connectivity index (χ3v) is 8.10. The molecule has 2 aromatic heterocycles. The zero-order valence-corrected chi connectivity index (χ0v) is 17.4. The summed E-state index contributed by atoms with van der Waals surface area (Å²) in [6.07, 6.45) is 21.4. The van der Waals surface area contributed by atoms with Crippen molar-refractivity contribution in [1.82, 2.24) is 19.6 Å². The van der Waals surface area contributed by atoms with Crippen molar-refractivity contribution in [3.63, 3.8) is 0 Å². The van der Waals surface area contributed by atoms with E-state index in [0.717, 1.165) is 42.6 Å². The molecular formula is C25H27N5. The molecule has 0 saturated heterocycles. The molecule has 7 rings (SSSR count). The van der Waals surface area contributed by atoms with E-state index in [1.807, 2.05) is 4.52 Å². The van der Waals surface area contributed by atoms with Crippen LogP contribution in [0.2, 0.25) is 0 Å². The Labute approximate surface area is 176 Å². The first-order chi connectivity index (χ1) is 14.7. The second-order valence-corrected chi connectivity index (χ2v) is 9.96. The second kappa shape index (κ2) is 5.93. The largest absolute Gasteiger partial charge is 0.327 e. The van der Waals surface area contributed by atoms with E-state index in [1.54, 1.807) is 0 Å². The lowest BCUT2D eigenvalue weighted by Gasteiger charge is -2.20. The molecule has 2 fully saturated rings. The molecule has 2 aromatic rings. The van der Waals surface area contributed by atoms with Gasteiger partial charge >= 0.3 is 0 Å². The summed E-state index contributed by atoms with van der Waals surface area (Å²) in [7, 11) is 0. The summed E-state index contributed by atoms with van der Waals surface area (Å²) in [5.74, 6) is 3.75. The summed E-state index contributed by atoms with van der Waals surface area (Å²) in [5, 5.41) is 8.47. The lowest BCUT2D eigenvalue weighted by Crippen LogP contribution is -2.15. The first-order valence-corrected chi connectivity index (χ1v) is 11.5. The van der Waals surface area contributed by atoms with Gasteiger partial charge in [-0.05, 0) is 73.3 Å². The highest BCUT2D eigenvalue weighted by molar-refractivity contribution is 5.71. The van der Waals surface area contributed by atoms with Crippen LogP contribution in [0.5, 0.6) is 0 Å². The monoisotopic (exact) mass is 397 g/mol. The molecule has 2 heterocycles. The summed E-state index contributed by atoms with van der Waals surface area (Å²) < 4.78 is 2.01. The standard InChI is InChI=1S/C25H27N5/c1-25-14-16(25)12-20(18-13-19(18)25)26-23-28-24-27-22(15-8-4-2-3-5-9-15)17-10-6-7-11-21(17)30(24)29-23/h2-5,8,12,16,18-19H,6-7,9-11,13-14H2,1H3,(H,26,29). The van der Waals surface area contributed by atoms with E-state index >= 15 is 0 Å². The SMILES string of the molecule is CC12CC1C=C(Nc1nc3nc(C4=CC=CC=CC4)c4c(n3n1)CCCC4)C1CC12.